The van der Waals surface area contributed by atoms with Gasteiger partial charge in [-0.15, -0.1) is 0 Å². The van der Waals surface area contributed by atoms with Gasteiger partial charge < -0.3 is 14.2 Å². The SMILES string of the molecule is CCCCCCCCCC(=O)OC[C@@H](COC(=O)CCCCCCCCCCCCCCC(C)C)OC(=O)CCCCCCCCCCC(C)CC. The van der Waals surface area contributed by atoms with E-state index in [2.05, 4.69) is 34.6 Å². The van der Waals surface area contributed by atoms with Gasteiger partial charge >= 0.3 is 17.9 Å². The van der Waals surface area contributed by atoms with Crippen molar-refractivity contribution < 1.29 is 28.6 Å². The first-order valence-corrected chi connectivity index (χ1v) is 22.8. The highest BCUT2D eigenvalue weighted by atomic mass is 16.6. The molecular weight excluding hydrogens is 649 g/mol. The van der Waals surface area contributed by atoms with Crippen LogP contribution in [0, 0.1) is 11.8 Å². The maximum atomic E-state index is 12.7. The van der Waals surface area contributed by atoms with Crippen molar-refractivity contribution in [2.24, 2.45) is 11.8 Å². The first-order chi connectivity index (χ1) is 25.3. The average molecular weight is 737 g/mol. The summed E-state index contributed by atoms with van der Waals surface area (Å²) in [5, 5.41) is 0. The topological polar surface area (TPSA) is 78.9 Å². The lowest BCUT2D eigenvalue weighted by atomic mass is 9.99. The molecule has 0 saturated carbocycles. The predicted molar refractivity (Wildman–Crippen MR) is 220 cm³/mol. The van der Waals surface area contributed by atoms with Gasteiger partial charge in [0, 0.05) is 19.3 Å². The zero-order valence-electron chi connectivity index (χ0n) is 35.4. The Labute approximate surface area is 323 Å². The van der Waals surface area contributed by atoms with Crippen molar-refractivity contribution in [3.8, 4) is 0 Å². The first-order valence-electron chi connectivity index (χ1n) is 22.8. The molecule has 0 aliphatic carbocycles. The van der Waals surface area contributed by atoms with Crippen LogP contribution in [0.25, 0.3) is 0 Å². The first kappa shape index (κ1) is 50.4. The Morgan fingerprint density at radius 3 is 1.10 bits per heavy atom. The summed E-state index contributed by atoms with van der Waals surface area (Å²) in [5.41, 5.74) is 0. The van der Waals surface area contributed by atoms with Crippen LogP contribution in [0.4, 0.5) is 0 Å². The maximum absolute atomic E-state index is 12.7. The minimum Gasteiger partial charge on any atom is -0.462 e. The van der Waals surface area contributed by atoms with E-state index in [9.17, 15) is 14.4 Å². The highest BCUT2D eigenvalue weighted by Crippen LogP contribution is 2.17. The van der Waals surface area contributed by atoms with Gasteiger partial charge in [-0.25, -0.2) is 0 Å². The number of esters is 3. The molecule has 0 aromatic rings. The van der Waals surface area contributed by atoms with E-state index in [1.807, 2.05) is 0 Å². The van der Waals surface area contributed by atoms with Crippen molar-refractivity contribution in [2.75, 3.05) is 13.2 Å². The highest BCUT2D eigenvalue weighted by molar-refractivity contribution is 5.71. The van der Waals surface area contributed by atoms with E-state index in [0.29, 0.717) is 19.3 Å². The number of hydrogen-bond donors (Lipinski definition) is 0. The zero-order valence-corrected chi connectivity index (χ0v) is 35.4. The molecule has 0 aromatic heterocycles. The van der Waals surface area contributed by atoms with E-state index in [1.54, 1.807) is 0 Å². The van der Waals surface area contributed by atoms with Gasteiger partial charge in [-0.3, -0.25) is 14.4 Å². The molecule has 0 aliphatic heterocycles. The number of rotatable bonds is 40. The Kier molecular flexibility index (Phi) is 37.9. The summed E-state index contributed by atoms with van der Waals surface area (Å²) < 4.78 is 16.7. The third kappa shape index (κ3) is 38.1. The Morgan fingerprint density at radius 2 is 0.731 bits per heavy atom. The second-order valence-electron chi connectivity index (χ2n) is 16.4. The molecule has 0 aromatic carbocycles. The van der Waals surface area contributed by atoms with Crippen LogP contribution in [0.2, 0.25) is 0 Å². The lowest BCUT2D eigenvalue weighted by molar-refractivity contribution is -0.167. The van der Waals surface area contributed by atoms with Gasteiger partial charge in [-0.2, -0.15) is 0 Å². The predicted octanol–water partition coefficient (Wildman–Crippen LogP) is 14.2. The molecule has 0 aliphatic rings. The molecule has 0 radical (unpaired) electrons. The summed E-state index contributed by atoms with van der Waals surface area (Å²) in [6, 6.07) is 0. The summed E-state index contributed by atoms with van der Waals surface area (Å²) >= 11 is 0. The van der Waals surface area contributed by atoms with E-state index in [0.717, 1.165) is 69.6 Å². The van der Waals surface area contributed by atoms with Gasteiger partial charge in [0.1, 0.15) is 13.2 Å². The molecule has 2 atom stereocenters. The summed E-state index contributed by atoms with van der Waals surface area (Å²) in [7, 11) is 0. The third-order valence-corrected chi connectivity index (χ3v) is 10.6. The molecule has 0 N–H and O–H groups in total. The number of carbonyl (C=O) groups is 3. The molecule has 52 heavy (non-hydrogen) atoms. The van der Waals surface area contributed by atoms with Crippen LogP contribution in [0.1, 0.15) is 247 Å². The second kappa shape index (κ2) is 39.1. The normalized spacial score (nSPS) is 12.6. The van der Waals surface area contributed by atoms with Crippen LogP contribution in [-0.4, -0.2) is 37.2 Å². The molecule has 1 unspecified atom stereocenters. The zero-order chi connectivity index (χ0) is 38.3. The number of carbonyl (C=O) groups excluding carboxylic acids is 3. The van der Waals surface area contributed by atoms with Crippen LogP contribution in [0.3, 0.4) is 0 Å². The van der Waals surface area contributed by atoms with Gasteiger partial charge in [-0.1, -0.05) is 208 Å². The Bertz CT molecular complexity index is 796. The van der Waals surface area contributed by atoms with Crippen LogP contribution in [0.5, 0.6) is 0 Å². The lowest BCUT2D eigenvalue weighted by Crippen LogP contribution is -2.30. The molecule has 0 rings (SSSR count). The largest absolute Gasteiger partial charge is 0.462 e. The molecule has 0 saturated heterocycles. The van der Waals surface area contributed by atoms with Crippen LogP contribution >= 0.6 is 0 Å². The van der Waals surface area contributed by atoms with E-state index in [1.165, 1.54) is 135 Å². The van der Waals surface area contributed by atoms with Gasteiger partial charge in [-0.05, 0) is 31.1 Å². The van der Waals surface area contributed by atoms with E-state index in [-0.39, 0.29) is 31.1 Å². The minimum absolute atomic E-state index is 0.0654. The number of hydrogen-bond acceptors (Lipinski definition) is 6. The third-order valence-electron chi connectivity index (χ3n) is 10.6. The fraction of sp³-hybridized carbons (Fsp3) is 0.935. The fourth-order valence-corrected chi connectivity index (χ4v) is 6.72. The maximum Gasteiger partial charge on any atom is 0.306 e. The van der Waals surface area contributed by atoms with Crippen LogP contribution < -0.4 is 0 Å². The summed E-state index contributed by atoms with van der Waals surface area (Å²) in [6.07, 6.45) is 36.6. The van der Waals surface area contributed by atoms with E-state index >= 15 is 0 Å². The Hall–Kier alpha value is -1.59. The minimum atomic E-state index is -0.759. The van der Waals surface area contributed by atoms with Crippen molar-refractivity contribution in [2.45, 2.75) is 253 Å². The van der Waals surface area contributed by atoms with Crippen molar-refractivity contribution in [1.82, 2.24) is 0 Å². The van der Waals surface area contributed by atoms with Crippen LogP contribution in [-0.2, 0) is 28.6 Å². The number of ether oxygens (including phenoxy) is 3. The van der Waals surface area contributed by atoms with Gasteiger partial charge in [0.2, 0.25) is 0 Å². The lowest BCUT2D eigenvalue weighted by Gasteiger charge is -2.18. The summed E-state index contributed by atoms with van der Waals surface area (Å²) in [4.78, 5) is 37.6. The quantitative estimate of drug-likeness (QED) is 0.0354. The second-order valence-corrected chi connectivity index (χ2v) is 16.4. The Morgan fingerprint density at radius 1 is 0.404 bits per heavy atom. The summed E-state index contributed by atoms with van der Waals surface area (Å²) in [5.74, 6) is 0.814. The standard InChI is InChI=1S/C46H88O6/c1-6-8-9-10-19-26-31-36-44(47)50-39-43(52-46(49)38-33-28-23-18-17-21-25-30-35-42(5)7-2)40-51-45(48)37-32-27-22-16-14-12-11-13-15-20-24-29-34-41(3)4/h41-43H,6-40H2,1-5H3/t42?,43-/m0/s1. The number of unbranched alkanes of at least 4 members (excludes halogenated alkanes) is 24. The van der Waals surface area contributed by atoms with Crippen molar-refractivity contribution in [1.29, 1.82) is 0 Å². The van der Waals surface area contributed by atoms with E-state index in [4.69, 9.17) is 14.2 Å². The van der Waals surface area contributed by atoms with E-state index < -0.39 is 6.10 Å². The van der Waals surface area contributed by atoms with Crippen molar-refractivity contribution in [3.63, 3.8) is 0 Å². The van der Waals surface area contributed by atoms with Crippen LogP contribution in [0.15, 0.2) is 0 Å². The smallest absolute Gasteiger partial charge is 0.306 e. The van der Waals surface area contributed by atoms with Gasteiger partial charge in [0.05, 0.1) is 0 Å². The fourth-order valence-electron chi connectivity index (χ4n) is 6.72. The monoisotopic (exact) mass is 737 g/mol. The molecule has 0 amide bonds. The molecule has 0 fully saturated rings. The van der Waals surface area contributed by atoms with Crippen molar-refractivity contribution in [3.05, 3.63) is 0 Å². The Balaban J connectivity index is 4.27. The molecule has 0 heterocycles. The molecule has 6 nitrogen and oxygen atoms in total. The van der Waals surface area contributed by atoms with Gasteiger partial charge in [0.15, 0.2) is 6.10 Å². The molecule has 0 bridgehead atoms. The molecule has 308 valence electrons. The summed E-state index contributed by atoms with van der Waals surface area (Å²) in [6.45, 7) is 11.3. The molecule has 0 spiro atoms. The average Bonchev–Trinajstić information content (AvgIpc) is 3.12. The van der Waals surface area contributed by atoms with Crippen molar-refractivity contribution >= 4 is 17.9 Å². The molecular formula is C46H88O6. The highest BCUT2D eigenvalue weighted by Gasteiger charge is 2.19. The molecule has 6 heteroatoms. The van der Waals surface area contributed by atoms with Gasteiger partial charge in [0.25, 0.3) is 0 Å².